The summed E-state index contributed by atoms with van der Waals surface area (Å²) < 4.78 is 0. The second-order valence-electron chi connectivity index (χ2n) is 30.4. The number of nitrogens with zero attached hydrogens (tertiary/aromatic N) is 3. The molecule has 3 radical (unpaired) electrons. The van der Waals surface area contributed by atoms with Crippen molar-refractivity contribution in [2.45, 2.75) is 236 Å². The average molecular weight is 2010 g/mol. The Labute approximate surface area is 698 Å². The summed E-state index contributed by atoms with van der Waals surface area (Å²) in [6, 6.07) is 49.7. The van der Waals surface area contributed by atoms with Crippen LogP contribution in [0, 0.1) is 107 Å². The molecule has 0 aliphatic rings. The van der Waals surface area contributed by atoms with E-state index in [2.05, 4.69) is 225 Å². The molecule has 3 N–H and O–H groups in total. The summed E-state index contributed by atoms with van der Waals surface area (Å²) in [5, 5.41) is 36.1. The van der Waals surface area contributed by atoms with Gasteiger partial charge in [-0.25, -0.2) is 0 Å². The molecule has 597 valence electrons. The van der Waals surface area contributed by atoms with Gasteiger partial charge in [0, 0.05) is 133 Å². The summed E-state index contributed by atoms with van der Waals surface area (Å²) >= 11 is 0. The zero-order valence-electron chi connectivity index (χ0n) is 70.0. The number of aliphatic hydroxyl groups excluding tert-OH is 3. The van der Waals surface area contributed by atoms with E-state index < -0.39 is 0 Å². The first-order valence-corrected chi connectivity index (χ1v) is 39.2. The van der Waals surface area contributed by atoms with Crippen molar-refractivity contribution in [3.05, 3.63) is 232 Å². The summed E-state index contributed by atoms with van der Waals surface area (Å²) in [6.07, 6.45) is 18.9. The third-order valence-electron chi connectivity index (χ3n) is 19.7. The van der Waals surface area contributed by atoms with Gasteiger partial charge in [0.1, 0.15) is 0 Å². The fourth-order valence-corrected chi connectivity index (χ4v) is 12.4. The standard InChI is InChI=1S/2C21H22N.C20H20N.C13H24O2.2C11H20O2.3Ir/c2*1-14(2)9-17-5-6-18-7-8-22-21(20(18)13-17)19-11-15(3)10-16(4)12-19;1-13(2)16-5-6-19-17(12-16)7-8-21-20(19)18-10-14(3)9-15(4)11-18;1-5-10(6-2)12(14)9-13(15)11(7-3)8-4;2*1-5-8(3)10(12)7-11(13)9(4)6-2;;;/h2*5-8,10-11,13-14H,9H2,1-4H3;5-10,12-13H,1-4H3;9-11,14H,5-8H2,1-4H3;2*7-9,12H,5-6H2,1-4H3;;;/q3*-1;;;;;;. The van der Waals surface area contributed by atoms with E-state index in [1.165, 1.54) is 83.9 Å². The number of benzene rings is 6. The molecule has 3 heterocycles. The van der Waals surface area contributed by atoms with Gasteiger partial charge in [0.25, 0.3) is 0 Å². The van der Waals surface area contributed by atoms with E-state index in [4.69, 9.17) is 0 Å². The SMILES string of the molecule is CCC(C)C(=O)C=C(O)C(C)CC.CCC(C)C(=O)C=C(O)C(C)CC.CCC(CC)C(=O)C=C(O)C(CC)CC.Cc1[c-]c(-c2nccc3cc(C(C)C)ccc23)cc(C)c1.Cc1[c-]c(-c2nccc3ccc(CC(C)C)cc23)cc(C)c1.Cc1[c-]c(-c2nccc3ccc(CC(C)C)cc23)cc(C)c1.[Ir].[Ir].[Ir]. The van der Waals surface area contributed by atoms with Gasteiger partial charge in [-0.3, -0.25) is 14.4 Å². The molecule has 0 saturated carbocycles. The Balaban J connectivity index is 0.000000661. The number of fused-ring (bicyclic) bond motifs is 3. The van der Waals surface area contributed by atoms with Crippen LogP contribution in [0.3, 0.4) is 0 Å². The Bertz CT molecular complexity index is 4140. The predicted octanol–water partition coefficient (Wildman–Crippen LogP) is 26.5. The van der Waals surface area contributed by atoms with E-state index in [1.54, 1.807) is 0 Å². The Kier molecular flexibility index (Phi) is 46.8. The number of aryl methyl sites for hydroxylation is 6. The van der Waals surface area contributed by atoms with E-state index in [-0.39, 0.29) is 130 Å². The summed E-state index contributed by atoms with van der Waals surface area (Å²) in [5.74, 6) is 3.11. The third kappa shape index (κ3) is 32.8. The van der Waals surface area contributed by atoms with Crippen LogP contribution in [0.4, 0.5) is 0 Å². The van der Waals surface area contributed by atoms with Crippen molar-refractivity contribution in [3.63, 3.8) is 0 Å². The minimum Gasteiger partial charge on any atom is -0.512 e. The molecule has 0 bridgehead atoms. The fourth-order valence-electron chi connectivity index (χ4n) is 12.4. The second kappa shape index (κ2) is 50.9. The maximum atomic E-state index is 11.7. The molecule has 109 heavy (non-hydrogen) atoms. The van der Waals surface area contributed by atoms with Crippen LogP contribution in [0.1, 0.15) is 232 Å². The van der Waals surface area contributed by atoms with Gasteiger partial charge in [-0.1, -0.05) is 221 Å². The van der Waals surface area contributed by atoms with Crippen LogP contribution in [0.2, 0.25) is 0 Å². The van der Waals surface area contributed by atoms with E-state index in [0.29, 0.717) is 17.8 Å². The molecule has 0 saturated heterocycles. The first-order chi connectivity index (χ1) is 50.2. The zero-order valence-corrected chi connectivity index (χ0v) is 77.2. The monoisotopic (exact) mass is 2010 g/mol. The predicted molar refractivity (Wildman–Crippen MR) is 451 cm³/mol. The Morgan fingerprint density at radius 3 is 1.00 bits per heavy atom. The van der Waals surface area contributed by atoms with Crippen LogP contribution in [0.5, 0.6) is 0 Å². The van der Waals surface area contributed by atoms with Gasteiger partial charge in [-0.15, -0.1) is 105 Å². The number of carbonyl (C=O) groups is 3. The number of aromatic nitrogens is 3. The maximum absolute atomic E-state index is 11.7. The van der Waals surface area contributed by atoms with Crippen molar-refractivity contribution in [2.75, 3.05) is 0 Å². The molecule has 4 unspecified atom stereocenters. The molecule has 0 fully saturated rings. The van der Waals surface area contributed by atoms with Gasteiger partial charge in [0.05, 0.1) is 17.3 Å². The molecule has 0 aliphatic carbocycles. The van der Waals surface area contributed by atoms with Gasteiger partial charge in [-0.05, 0) is 166 Å². The number of carbonyl (C=O) groups excluding carboxylic acids is 3. The van der Waals surface area contributed by atoms with Crippen molar-refractivity contribution in [3.8, 4) is 33.8 Å². The largest absolute Gasteiger partial charge is 0.512 e. The Morgan fingerprint density at radius 1 is 0.358 bits per heavy atom. The molecule has 0 aliphatic heterocycles. The van der Waals surface area contributed by atoms with Crippen LogP contribution < -0.4 is 0 Å². The molecule has 0 spiro atoms. The normalized spacial score (nSPS) is 12.5. The number of hydrogen-bond acceptors (Lipinski definition) is 9. The van der Waals surface area contributed by atoms with Crippen molar-refractivity contribution in [1.29, 1.82) is 0 Å². The van der Waals surface area contributed by atoms with Crippen molar-refractivity contribution < 1.29 is 90.0 Å². The smallest absolute Gasteiger partial charge is 0.162 e. The number of aliphatic hydroxyl groups is 3. The van der Waals surface area contributed by atoms with Crippen LogP contribution in [0.25, 0.3) is 66.1 Å². The van der Waals surface area contributed by atoms with E-state index in [1.807, 2.05) is 102 Å². The van der Waals surface area contributed by atoms with Gasteiger partial charge in [0.2, 0.25) is 0 Å². The number of rotatable bonds is 25. The van der Waals surface area contributed by atoms with E-state index in [0.717, 1.165) is 115 Å². The third-order valence-corrected chi connectivity index (χ3v) is 19.7. The topological polar surface area (TPSA) is 151 Å². The van der Waals surface area contributed by atoms with Crippen molar-refractivity contribution in [2.24, 2.45) is 47.3 Å². The minimum atomic E-state index is 0. The molecule has 12 heteroatoms. The number of pyridine rings is 3. The van der Waals surface area contributed by atoms with Gasteiger partial charge in [-0.2, -0.15) is 0 Å². The van der Waals surface area contributed by atoms with Gasteiger partial charge in [0.15, 0.2) is 17.3 Å². The summed E-state index contributed by atoms with van der Waals surface area (Å²) in [6.45, 7) is 49.7. The van der Waals surface area contributed by atoms with Gasteiger partial charge >= 0.3 is 0 Å². The van der Waals surface area contributed by atoms with Crippen LogP contribution in [-0.2, 0) is 87.5 Å². The number of ketones is 3. The molecular formula is C97H128Ir3N3O6-3. The average Bonchev–Trinajstić information content (AvgIpc) is 0.803. The molecule has 4 atom stereocenters. The number of allylic oxidation sites excluding steroid dienone is 6. The fraction of sp³-hybridized carbons (Fsp3) is 0.443. The molecule has 9 rings (SSSR count). The molecule has 6 aromatic carbocycles. The van der Waals surface area contributed by atoms with Crippen molar-refractivity contribution in [1.82, 2.24) is 15.0 Å². The van der Waals surface area contributed by atoms with Crippen LogP contribution in [0.15, 0.2) is 163 Å². The summed E-state index contributed by atoms with van der Waals surface area (Å²) in [5.41, 5.74) is 17.7. The first kappa shape index (κ1) is 100. The van der Waals surface area contributed by atoms with Crippen LogP contribution in [-0.4, -0.2) is 47.6 Å². The zero-order chi connectivity index (χ0) is 79.1. The number of hydrogen-bond donors (Lipinski definition) is 3. The Hall–Kier alpha value is -6.87. The first-order valence-electron chi connectivity index (χ1n) is 39.2. The quantitative estimate of drug-likeness (QED) is 0.0289. The molecule has 3 aromatic heterocycles. The van der Waals surface area contributed by atoms with Gasteiger partial charge < -0.3 is 30.3 Å². The summed E-state index contributed by atoms with van der Waals surface area (Å²) in [7, 11) is 0. The maximum Gasteiger partial charge on any atom is 0.162 e. The Morgan fingerprint density at radius 2 is 0.688 bits per heavy atom. The molecule has 9 aromatic rings. The van der Waals surface area contributed by atoms with E-state index >= 15 is 0 Å². The molecule has 9 nitrogen and oxygen atoms in total. The molecule has 0 amide bonds. The van der Waals surface area contributed by atoms with E-state index in [9.17, 15) is 29.7 Å². The molecular weight excluding hydrogens is 1880 g/mol. The van der Waals surface area contributed by atoms with Crippen molar-refractivity contribution >= 4 is 49.7 Å². The summed E-state index contributed by atoms with van der Waals surface area (Å²) in [4.78, 5) is 48.4. The second-order valence-corrected chi connectivity index (χ2v) is 30.4. The van der Waals surface area contributed by atoms with Crippen LogP contribution >= 0.6 is 0 Å². The minimum absolute atomic E-state index is 0.